The fraction of sp³-hybridized carbons (Fsp3) is 0.250. The molecule has 1 heterocycles. The molecule has 0 aliphatic heterocycles. The standard InChI is InChI=1S/C12H14N4O2S/c1-7-3-4-9(5-8(7)2)16-11(13)14-15-12(16)19-6-10(17)18/h3-5H,6H2,1-2H3,(H2,13,14)(H,17,18). The number of benzene rings is 1. The van der Waals surface area contributed by atoms with E-state index in [1.807, 2.05) is 32.0 Å². The minimum atomic E-state index is -0.904. The van der Waals surface area contributed by atoms with Gasteiger partial charge in [-0.15, -0.1) is 10.2 Å². The van der Waals surface area contributed by atoms with Crippen LogP contribution < -0.4 is 5.73 Å². The SMILES string of the molecule is Cc1ccc(-n2c(N)nnc2SCC(=O)O)cc1C. The highest BCUT2D eigenvalue weighted by molar-refractivity contribution is 7.99. The van der Waals surface area contributed by atoms with Crippen molar-refractivity contribution in [3.8, 4) is 5.69 Å². The van der Waals surface area contributed by atoms with Gasteiger partial charge in [0.25, 0.3) is 0 Å². The normalized spacial score (nSPS) is 10.6. The number of carboxylic acid groups (broad SMARTS) is 1. The van der Waals surface area contributed by atoms with Gasteiger partial charge in [0.1, 0.15) is 0 Å². The summed E-state index contributed by atoms with van der Waals surface area (Å²) >= 11 is 1.09. The van der Waals surface area contributed by atoms with E-state index in [1.54, 1.807) is 4.57 Å². The van der Waals surface area contributed by atoms with E-state index >= 15 is 0 Å². The zero-order valence-electron chi connectivity index (χ0n) is 10.6. The Bertz CT molecular complexity index is 624. The molecule has 0 bridgehead atoms. The number of thioether (sulfide) groups is 1. The van der Waals surface area contributed by atoms with Crippen LogP contribution in [0.5, 0.6) is 0 Å². The Morgan fingerprint density at radius 2 is 2.11 bits per heavy atom. The van der Waals surface area contributed by atoms with Gasteiger partial charge in [-0.1, -0.05) is 17.8 Å². The van der Waals surface area contributed by atoms with E-state index in [-0.39, 0.29) is 11.7 Å². The van der Waals surface area contributed by atoms with Gasteiger partial charge in [0.2, 0.25) is 5.95 Å². The van der Waals surface area contributed by atoms with E-state index in [2.05, 4.69) is 10.2 Å². The minimum Gasteiger partial charge on any atom is -0.481 e. The second kappa shape index (κ2) is 5.31. The monoisotopic (exact) mass is 278 g/mol. The first-order valence-electron chi connectivity index (χ1n) is 5.62. The lowest BCUT2D eigenvalue weighted by Crippen LogP contribution is -2.05. The molecule has 7 heteroatoms. The van der Waals surface area contributed by atoms with Gasteiger partial charge in [-0.25, -0.2) is 0 Å². The largest absolute Gasteiger partial charge is 0.481 e. The number of aryl methyl sites for hydroxylation is 2. The number of nitrogens with zero attached hydrogens (tertiary/aromatic N) is 3. The molecule has 0 saturated heterocycles. The van der Waals surface area contributed by atoms with Gasteiger partial charge in [-0.2, -0.15) is 0 Å². The first-order valence-corrected chi connectivity index (χ1v) is 6.60. The molecule has 19 heavy (non-hydrogen) atoms. The average Bonchev–Trinajstić information content (AvgIpc) is 2.71. The van der Waals surface area contributed by atoms with Crippen molar-refractivity contribution in [2.75, 3.05) is 11.5 Å². The lowest BCUT2D eigenvalue weighted by Gasteiger charge is -2.09. The maximum atomic E-state index is 10.6. The zero-order valence-corrected chi connectivity index (χ0v) is 11.4. The quantitative estimate of drug-likeness (QED) is 0.826. The molecular formula is C12H14N4O2S. The lowest BCUT2D eigenvalue weighted by atomic mass is 10.1. The predicted octanol–water partition coefficient (Wildman–Crippen LogP) is 1.64. The van der Waals surface area contributed by atoms with Crippen LogP contribution in [0.25, 0.3) is 5.69 Å². The molecule has 2 rings (SSSR count). The molecule has 6 nitrogen and oxygen atoms in total. The van der Waals surface area contributed by atoms with E-state index in [1.165, 1.54) is 5.56 Å². The predicted molar refractivity (Wildman–Crippen MR) is 73.6 cm³/mol. The molecule has 0 aliphatic rings. The Labute approximate surface area is 114 Å². The molecule has 0 amide bonds. The van der Waals surface area contributed by atoms with Gasteiger partial charge in [-0.3, -0.25) is 9.36 Å². The Morgan fingerprint density at radius 3 is 2.74 bits per heavy atom. The number of nitrogen functional groups attached to an aromatic ring is 1. The molecule has 1 aromatic heterocycles. The molecule has 0 atom stereocenters. The van der Waals surface area contributed by atoms with Gasteiger partial charge < -0.3 is 10.8 Å². The third-order valence-electron chi connectivity index (χ3n) is 2.73. The van der Waals surface area contributed by atoms with Crippen LogP contribution in [0.3, 0.4) is 0 Å². The summed E-state index contributed by atoms with van der Waals surface area (Å²) in [5.41, 5.74) is 8.93. The second-order valence-electron chi connectivity index (χ2n) is 4.13. The number of aliphatic carboxylic acids is 1. The summed E-state index contributed by atoms with van der Waals surface area (Å²) in [7, 11) is 0. The van der Waals surface area contributed by atoms with Crippen LogP contribution >= 0.6 is 11.8 Å². The van der Waals surface area contributed by atoms with Gasteiger partial charge >= 0.3 is 5.97 Å². The van der Waals surface area contributed by atoms with Gasteiger partial charge in [0, 0.05) is 0 Å². The molecule has 0 aliphatic carbocycles. The molecule has 0 fully saturated rings. The van der Waals surface area contributed by atoms with Crippen molar-refractivity contribution in [3.63, 3.8) is 0 Å². The van der Waals surface area contributed by atoms with Gasteiger partial charge in [0.05, 0.1) is 11.4 Å². The van der Waals surface area contributed by atoms with E-state index < -0.39 is 5.97 Å². The molecule has 0 unspecified atom stereocenters. The molecular weight excluding hydrogens is 264 g/mol. The topological polar surface area (TPSA) is 94.0 Å². The lowest BCUT2D eigenvalue weighted by molar-refractivity contribution is -0.133. The summed E-state index contributed by atoms with van der Waals surface area (Å²) in [6, 6.07) is 5.86. The highest BCUT2D eigenvalue weighted by Gasteiger charge is 2.13. The summed E-state index contributed by atoms with van der Waals surface area (Å²) in [4.78, 5) is 10.6. The second-order valence-corrected chi connectivity index (χ2v) is 5.07. The number of hydrogen-bond donors (Lipinski definition) is 2. The van der Waals surface area contributed by atoms with Gasteiger partial charge in [-0.05, 0) is 37.1 Å². The fourth-order valence-corrected chi connectivity index (χ4v) is 2.29. The average molecular weight is 278 g/mol. The maximum absolute atomic E-state index is 10.6. The molecule has 0 radical (unpaired) electrons. The Kier molecular flexibility index (Phi) is 3.75. The first-order chi connectivity index (χ1) is 8.99. The molecule has 100 valence electrons. The van der Waals surface area contributed by atoms with Crippen LogP contribution in [-0.2, 0) is 4.79 Å². The van der Waals surface area contributed by atoms with E-state index in [0.717, 1.165) is 23.0 Å². The molecule has 0 saturated carbocycles. The summed E-state index contributed by atoms with van der Waals surface area (Å²) < 4.78 is 1.65. The number of hydrogen-bond acceptors (Lipinski definition) is 5. The number of nitrogens with two attached hydrogens (primary N) is 1. The van der Waals surface area contributed by atoms with Crippen LogP contribution in [0.1, 0.15) is 11.1 Å². The summed E-state index contributed by atoms with van der Waals surface area (Å²) in [6.45, 7) is 4.03. The van der Waals surface area contributed by atoms with Crippen LogP contribution in [0.15, 0.2) is 23.4 Å². The van der Waals surface area contributed by atoms with Crippen LogP contribution in [-0.4, -0.2) is 31.6 Å². The third kappa shape index (κ3) is 2.87. The number of carboxylic acids is 1. The number of anilines is 1. The molecule has 2 aromatic rings. The van der Waals surface area contributed by atoms with Crippen molar-refractivity contribution < 1.29 is 9.90 Å². The summed E-state index contributed by atoms with van der Waals surface area (Å²) in [5, 5.41) is 16.9. The minimum absolute atomic E-state index is 0.0804. The van der Waals surface area contributed by atoms with Crippen molar-refractivity contribution in [2.24, 2.45) is 0 Å². The van der Waals surface area contributed by atoms with Crippen LogP contribution in [0.4, 0.5) is 5.95 Å². The van der Waals surface area contributed by atoms with Crippen LogP contribution in [0, 0.1) is 13.8 Å². The van der Waals surface area contributed by atoms with Crippen LogP contribution in [0.2, 0.25) is 0 Å². The highest BCUT2D eigenvalue weighted by atomic mass is 32.2. The fourth-order valence-electron chi connectivity index (χ4n) is 1.61. The summed E-state index contributed by atoms with van der Waals surface area (Å²) in [6.07, 6.45) is 0. The van der Waals surface area contributed by atoms with E-state index in [0.29, 0.717) is 5.16 Å². The number of carbonyl (C=O) groups is 1. The molecule has 3 N–H and O–H groups in total. The number of rotatable bonds is 4. The van der Waals surface area contributed by atoms with Gasteiger partial charge in [0.15, 0.2) is 5.16 Å². The maximum Gasteiger partial charge on any atom is 0.313 e. The van der Waals surface area contributed by atoms with Crippen molar-refractivity contribution >= 4 is 23.7 Å². The third-order valence-corrected chi connectivity index (χ3v) is 3.65. The molecule has 1 aromatic carbocycles. The number of aromatic nitrogens is 3. The zero-order chi connectivity index (χ0) is 14.0. The first kappa shape index (κ1) is 13.4. The highest BCUT2D eigenvalue weighted by Crippen LogP contribution is 2.24. The van der Waals surface area contributed by atoms with E-state index in [9.17, 15) is 4.79 Å². The molecule has 0 spiro atoms. The smallest absolute Gasteiger partial charge is 0.313 e. The Hall–Kier alpha value is -2.02. The van der Waals surface area contributed by atoms with Crippen molar-refractivity contribution in [3.05, 3.63) is 29.3 Å². The van der Waals surface area contributed by atoms with Crippen molar-refractivity contribution in [1.82, 2.24) is 14.8 Å². The van der Waals surface area contributed by atoms with E-state index in [4.69, 9.17) is 10.8 Å². The Morgan fingerprint density at radius 1 is 1.37 bits per heavy atom. The summed E-state index contributed by atoms with van der Waals surface area (Å²) in [5.74, 6) is -0.738. The Balaban J connectivity index is 2.40. The van der Waals surface area contributed by atoms with Crippen molar-refractivity contribution in [2.45, 2.75) is 19.0 Å². The van der Waals surface area contributed by atoms with Crippen molar-refractivity contribution in [1.29, 1.82) is 0 Å².